The minimum absolute atomic E-state index is 0.0632. The Labute approximate surface area is 164 Å². The van der Waals surface area contributed by atoms with Crippen molar-refractivity contribution in [2.24, 2.45) is 0 Å². The number of aryl methyl sites for hydroxylation is 2. The van der Waals surface area contributed by atoms with E-state index in [-0.39, 0.29) is 17.7 Å². The molecule has 0 N–H and O–H groups in total. The summed E-state index contributed by atoms with van der Waals surface area (Å²) in [5, 5.41) is 3.86. The third-order valence-corrected chi connectivity index (χ3v) is 5.01. The molecule has 1 atom stereocenters. The Bertz CT molecular complexity index is 816. The molecule has 0 bridgehead atoms. The van der Waals surface area contributed by atoms with E-state index in [1.54, 1.807) is 20.3 Å². The van der Waals surface area contributed by atoms with E-state index in [1.807, 2.05) is 24.0 Å². The van der Waals surface area contributed by atoms with E-state index in [4.69, 9.17) is 4.52 Å². The summed E-state index contributed by atoms with van der Waals surface area (Å²) in [7, 11) is 3.44. The van der Waals surface area contributed by atoms with Gasteiger partial charge in [0.25, 0.3) is 5.91 Å². The van der Waals surface area contributed by atoms with Gasteiger partial charge < -0.3 is 14.3 Å². The summed E-state index contributed by atoms with van der Waals surface area (Å²) in [6, 6.07) is 3.71. The van der Waals surface area contributed by atoms with Gasteiger partial charge in [-0.1, -0.05) is 12.1 Å². The maximum Gasteiger partial charge on any atom is 0.254 e. The summed E-state index contributed by atoms with van der Waals surface area (Å²) < 4.78 is 5.16. The molecule has 28 heavy (non-hydrogen) atoms. The lowest BCUT2D eigenvalue weighted by atomic mass is 9.93. The third kappa shape index (κ3) is 4.74. The highest BCUT2D eigenvalue weighted by Crippen LogP contribution is 2.26. The van der Waals surface area contributed by atoms with Gasteiger partial charge in [0.15, 0.2) is 5.82 Å². The fraction of sp³-hybridized carbons (Fsp3) is 0.550. The molecule has 2 aromatic heterocycles. The van der Waals surface area contributed by atoms with Crippen LogP contribution in [0.1, 0.15) is 59.9 Å². The minimum Gasteiger partial charge on any atom is -0.345 e. The van der Waals surface area contributed by atoms with Gasteiger partial charge in [0.2, 0.25) is 11.8 Å². The monoisotopic (exact) mass is 385 g/mol. The van der Waals surface area contributed by atoms with Crippen molar-refractivity contribution >= 4 is 11.8 Å². The number of rotatable bonds is 6. The Balaban J connectivity index is 1.57. The van der Waals surface area contributed by atoms with Gasteiger partial charge in [-0.25, -0.2) is 0 Å². The Morgan fingerprint density at radius 2 is 2.14 bits per heavy atom. The molecular formula is C20H27N5O3. The molecule has 3 rings (SSSR count). The van der Waals surface area contributed by atoms with E-state index >= 15 is 0 Å². The zero-order valence-electron chi connectivity index (χ0n) is 16.7. The molecule has 2 amide bonds. The van der Waals surface area contributed by atoms with Gasteiger partial charge in [-0.05, 0) is 25.0 Å². The summed E-state index contributed by atoms with van der Waals surface area (Å²) >= 11 is 0. The lowest BCUT2D eigenvalue weighted by molar-refractivity contribution is -0.132. The summed E-state index contributed by atoms with van der Waals surface area (Å²) in [6.07, 6.45) is 5.10. The molecule has 8 nitrogen and oxygen atoms in total. The summed E-state index contributed by atoms with van der Waals surface area (Å²) in [4.78, 5) is 36.8. The van der Waals surface area contributed by atoms with Crippen LogP contribution in [-0.2, 0) is 17.6 Å². The Hall–Kier alpha value is -2.77. The Kier molecular flexibility index (Phi) is 6.38. The first kappa shape index (κ1) is 20.0. The zero-order valence-corrected chi connectivity index (χ0v) is 16.7. The molecule has 0 aromatic carbocycles. The van der Waals surface area contributed by atoms with Crippen molar-refractivity contribution in [2.45, 2.75) is 44.9 Å². The maximum atomic E-state index is 12.6. The number of likely N-dealkylation sites (tertiary alicyclic amines) is 1. The van der Waals surface area contributed by atoms with Crippen LogP contribution in [0.5, 0.6) is 0 Å². The molecule has 1 fully saturated rings. The predicted octanol–water partition coefficient (Wildman–Crippen LogP) is 2.07. The number of nitrogens with zero attached hydrogens (tertiary/aromatic N) is 5. The second-order valence-electron chi connectivity index (χ2n) is 7.31. The molecule has 3 heterocycles. The van der Waals surface area contributed by atoms with Gasteiger partial charge in [-0.2, -0.15) is 4.98 Å². The standard InChI is InChI=1S/C20H27N5O3/c1-4-17-22-18(28-23-17)9-10-19(26)25-11-5-6-15(13-25)16-8-7-14(12-21-16)20(27)24(2)3/h7-8,12,15H,4-6,9-11,13H2,1-3H3/t15-/m1/s1. The molecule has 150 valence electrons. The molecule has 0 unspecified atom stereocenters. The van der Waals surface area contributed by atoms with Crippen LogP contribution in [0.4, 0.5) is 0 Å². The van der Waals surface area contributed by atoms with Crippen LogP contribution in [0.15, 0.2) is 22.9 Å². The smallest absolute Gasteiger partial charge is 0.254 e. The number of hydrogen-bond donors (Lipinski definition) is 0. The highest BCUT2D eigenvalue weighted by Gasteiger charge is 2.26. The molecule has 0 saturated carbocycles. The average molecular weight is 385 g/mol. The minimum atomic E-state index is -0.0632. The van der Waals surface area contributed by atoms with Crippen LogP contribution < -0.4 is 0 Å². The van der Waals surface area contributed by atoms with Gasteiger partial charge in [0.1, 0.15) is 0 Å². The largest absolute Gasteiger partial charge is 0.345 e. The van der Waals surface area contributed by atoms with Crippen molar-refractivity contribution in [3.63, 3.8) is 0 Å². The van der Waals surface area contributed by atoms with E-state index in [9.17, 15) is 9.59 Å². The first-order chi connectivity index (χ1) is 13.5. The van der Waals surface area contributed by atoms with Crippen molar-refractivity contribution in [1.29, 1.82) is 0 Å². The molecule has 1 aliphatic rings. The number of carbonyl (C=O) groups is 2. The number of piperidine rings is 1. The number of amides is 2. The molecule has 0 spiro atoms. The average Bonchev–Trinajstić information content (AvgIpc) is 3.19. The lowest BCUT2D eigenvalue weighted by Crippen LogP contribution is -2.39. The van der Waals surface area contributed by atoms with E-state index in [0.29, 0.717) is 36.7 Å². The molecule has 1 aliphatic heterocycles. The number of hydrogen-bond acceptors (Lipinski definition) is 6. The molecule has 0 aliphatic carbocycles. The summed E-state index contributed by atoms with van der Waals surface area (Å²) in [6.45, 7) is 3.37. The molecule has 0 radical (unpaired) electrons. The van der Waals surface area contributed by atoms with Crippen LogP contribution in [0, 0.1) is 0 Å². The highest BCUT2D eigenvalue weighted by atomic mass is 16.5. The molecule has 8 heteroatoms. The number of aromatic nitrogens is 3. The molecule has 1 saturated heterocycles. The van der Waals surface area contributed by atoms with Gasteiger partial charge in [0.05, 0.1) is 5.56 Å². The van der Waals surface area contributed by atoms with Gasteiger partial charge in [-0.3, -0.25) is 14.6 Å². The second kappa shape index (κ2) is 8.95. The fourth-order valence-corrected chi connectivity index (χ4v) is 3.38. The van der Waals surface area contributed by atoms with Crippen LogP contribution in [0.2, 0.25) is 0 Å². The second-order valence-corrected chi connectivity index (χ2v) is 7.31. The van der Waals surface area contributed by atoms with Gasteiger partial charge in [0, 0.05) is 64.3 Å². The first-order valence-electron chi connectivity index (χ1n) is 9.74. The quantitative estimate of drug-likeness (QED) is 0.756. The highest BCUT2D eigenvalue weighted by molar-refractivity contribution is 5.93. The molecular weight excluding hydrogens is 358 g/mol. The van der Waals surface area contributed by atoms with Crippen molar-refractivity contribution in [2.75, 3.05) is 27.2 Å². The maximum absolute atomic E-state index is 12.6. The van der Waals surface area contributed by atoms with Crippen molar-refractivity contribution in [1.82, 2.24) is 24.9 Å². The van der Waals surface area contributed by atoms with E-state index in [2.05, 4.69) is 15.1 Å². The van der Waals surface area contributed by atoms with E-state index in [1.165, 1.54) is 4.90 Å². The number of pyridine rings is 1. The summed E-state index contributed by atoms with van der Waals surface area (Å²) in [5.74, 6) is 1.41. The fourth-order valence-electron chi connectivity index (χ4n) is 3.38. The topological polar surface area (TPSA) is 92.4 Å². The van der Waals surface area contributed by atoms with Crippen molar-refractivity contribution in [3.05, 3.63) is 41.3 Å². The van der Waals surface area contributed by atoms with Gasteiger partial charge >= 0.3 is 0 Å². The van der Waals surface area contributed by atoms with Crippen molar-refractivity contribution < 1.29 is 14.1 Å². The third-order valence-electron chi connectivity index (χ3n) is 5.01. The van der Waals surface area contributed by atoms with Crippen molar-refractivity contribution in [3.8, 4) is 0 Å². The first-order valence-corrected chi connectivity index (χ1v) is 9.74. The summed E-state index contributed by atoms with van der Waals surface area (Å²) in [5.41, 5.74) is 1.50. The zero-order chi connectivity index (χ0) is 20.1. The Morgan fingerprint density at radius 3 is 2.79 bits per heavy atom. The van der Waals surface area contributed by atoms with E-state index in [0.717, 1.165) is 31.5 Å². The molecule has 2 aromatic rings. The van der Waals surface area contributed by atoms with Crippen LogP contribution >= 0.6 is 0 Å². The predicted molar refractivity (Wildman–Crippen MR) is 103 cm³/mol. The van der Waals surface area contributed by atoms with E-state index < -0.39 is 0 Å². The van der Waals surface area contributed by atoms with Gasteiger partial charge in [-0.15, -0.1) is 0 Å². The lowest BCUT2D eigenvalue weighted by Gasteiger charge is -2.32. The Morgan fingerprint density at radius 1 is 1.32 bits per heavy atom. The SMILES string of the molecule is CCc1noc(CCC(=O)N2CCC[C@@H](c3ccc(C(=O)N(C)C)cn3)C2)n1. The van der Waals surface area contributed by atoms with Crippen LogP contribution in [-0.4, -0.2) is 63.9 Å². The number of carbonyl (C=O) groups excluding carboxylic acids is 2. The normalized spacial score (nSPS) is 16.8. The van der Waals surface area contributed by atoms with Crippen LogP contribution in [0.25, 0.3) is 0 Å². The van der Waals surface area contributed by atoms with Crippen LogP contribution in [0.3, 0.4) is 0 Å².